The third-order valence-corrected chi connectivity index (χ3v) is 3.53. The van der Waals surface area contributed by atoms with E-state index in [0.717, 1.165) is 50.2 Å². The highest BCUT2D eigenvalue weighted by Crippen LogP contribution is 2.14. The number of hydrogen-bond donors (Lipinski definition) is 3. The van der Waals surface area contributed by atoms with E-state index < -0.39 is 0 Å². The molecule has 0 spiro atoms. The largest absolute Gasteiger partial charge is 0.396 e. The number of aromatic nitrogens is 1. The van der Waals surface area contributed by atoms with Gasteiger partial charge in [0.2, 0.25) is 5.91 Å². The van der Waals surface area contributed by atoms with Crippen molar-refractivity contribution >= 4 is 17.4 Å². The van der Waals surface area contributed by atoms with E-state index in [1.165, 1.54) is 0 Å². The van der Waals surface area contributed by atoms with Crippen molar-refractivity contribution in [3.8, 4) is 0 Å². The van der Waals surface area contributed by atoms with E-state index in [1.807, 2.05) is 26.0 Å². The first-order valence-corrected chi connectivity index (χ1v) is 7.82. The van der Waals surface area contributed by atoms with E-state index in [9.17, 15) is 4.79 Å². The van der Waals surface area contributed by atoms with Crippen molar-refractivity contribution in [1.82, 2.24) is 4.98 Å². The molecule has 0 saturated heterocycles. The second kappa shape index (κ2) is 10.2. The molecule has 1 aromatic heterocycles. The van der Waals surface area contributed by atoms with Gasteiger partial charge in [0, 0.05) is 19.1 Å². The van der Waals surface area contributed by atoms with Crippen molar-refractivity contribution in [3.63, 3.8) is 0 Å². The molecule has 118 valence electrons. The van der Waals surface area contributed by atoms with Crippen LogP contribution < -0.4 is 10.6 Å². The SMILES string of the molecule is CCC(CC)C(=O)Nc1ccc(NCCCCCO)nc1. The summed E-state index contributed by atoms with van der Waals surface area (Å²) in [5.74, 6) is 0.931. The Hall–Kier alpha value is -1.62. The first kappa shape index (κ1) is 17.4. The molecule has 21 heavy (non-hydrogen) atoms. The lowest BCUT2D eigenvalue weighted by molar-refractivity contribution is -0.120. The van der Waals surface area contributed by atoms with Crippen LogP contribution in [-0.4, -0.2) is 29.1 Å². The molecule has 0 atom stereocenters. The van der Waals surface area contributed by atoms with Gasteiger partial charge in [0.25, 0.3) is 0 Å². The fraction of sp³-hybridized carbons (Fsp3) is 0.625. The molecule has 0 radical (unpaired) electrons. The van der Waals surface area contributed by atoms with Crippen LogP contribution in [0.15, 0.2) is 18.3 Å². The van der Waals surface area contributed by atoms with E-state index in [0.29, 0.717) is 0 Å². The monoisotopic (exact) mass is 293 g/mol. The summed E-state index contributed by atoms with van der Waals surface area (Å²) in [6.07, 6.45) is 6.24. The molecule has 0 aliphatic carbocycles. The zero-order chi connectivity index (χ0) is 15.5. The molecule has 3 N–H and O–H groups in total. The minimum atomic E-state index is 0.0616. The molecule has 0 bridgehead atoms. The fourth-order valence-corrected chi connectivity index (χ4v) is 2.11. The number of aliphatic hydroxyl groups is 1. The Labute approximate surface area is 127 Å². The van der Waals surface area contributed by atoms with Crippen LogP contribution >= 0.6 is 0 Å². The minimum Gasteiger partial charge on any atom is -0.396 e. The second-order valence-corrected chi connectivity index (χ2v) is 5.15. The first-order chi connectivity index (χ1) is 10.2. The molecule has 1 heterocycles. The van der Waals surface area contributed by atoms with Crippen LogP contribution in [0.2, 0.25) is 0 Å². The van der Waals surface area contributed by atoms with E-state index >= 15 is 0 Å². The number of anilines is 2. The van der Waals surface area contributed by atoms with Crippen LogP contribution in [0.4, 0.5) is 11.5 Å². The maximum Gasteiger partial charge on any atom is 0.227 e. The molecular formula is C16H27N3O2. The summed E-state index contributed by atoms with van der Waals surface area (Å²) in [4.78, 5) is 16.2. The number of unbranched alkanes of at least 4 members (excludes halogenated alkanes) is 2. The number of nitrogens with one attached hydrogen (secondary N) is 2. The first-order valence-electron chi connectivity index (χ1n) is 7.82. The number of carbonyl (C=O) groups excluding carboxylic acids is 1. The average molecular weight is 293 g/mol. The molecule has 0 unspecified atom stereocenters. The Morgan fingerprint density at radius 2 is 2.00 bits per heavy atom. The molecule has 5 heteroatoms. The smallest absolute Gasteiger partial charge is 0.227 e. The summed E-state index contributed by atoms with van der Waals surface area (Å²) in [5, 5.41) is 14.8. The van der Waals surface area contributed by atoms with E-state index in [2.05, 4.69) is 15.6 Å². The van der Waals surface area contributed by atoms with Crippen LogP contribution in [-0.2, 0) is 4.79 Å². The van der Waals surface area contributed by atoms with Crippen LogP contribution in [0.25, 0.3) is 0 Å². The van der Waals surface area contributed by atoms with Crippen molar-refractivity contribution < 1.29 is 9.90 Å². The van der Waals surface area contributed by atoms with Gasteiger partial charge in [0.05, 0.1) is 11.9 Å². The molecule has 1 rings (SSSR count). The van der Waals surface area contributed by atoms with Crippen LogP contribution in [0.3, 0.4) is 0 Å². The molecule has 1 amide bonds. The summed E-state index contributed by atoms with van der Waals surface area (Å²) < 4.78 is 0. The third kappa shape index (κ3) is 6.58. The number of amides is 1. The zero-order valence-corrected chi connectivity index (χ0v) is 13.1. The lowest BCUT2D eigenvalue weighted by atomic mass is 10.0. The number of carbonyl (C=O) groups is 1. The highest BCUT2D eigenvalue weighted by atomic mass is 16.2. The number of nitrogens with zero attached hydrogens (tertiary/aromatic N) is 1. The zero-order valence-electron chi connectivity index (χ0n) is 13.1. The molecule has 0 aliphatic rings. The van der Waals surface area contributed by atoms with Gasteiger partial charge in [-0.1, -0.05) is 13.8 Å². The molecule has 0 aromatic carbocycles. The standard InChI is InChI=1S/C16H27N3O2/c1-3-13(4-2)16(21)19-14-8-9-15(18-12-14)17-10-6-5-7-11-20/h8-9,12-13,20H,3-7,10-11H2,1-2H3,(H,17,18)(H,19,21). The minimum absolute atomic E-state index is 0.0616. The van der Waals surface area contributed by atoms with Gasteiger partial charge in [0.15, 0.2) is 0 Å². The number of pyridine rings is 1. The lowest BCUT2D eigenvalue weighted by Gasteiger charge is -2.13. The highest BCUT2D eigenvalue weighted by molar-refractivity contribution is 5.92. The maximum atomic E-state index is 12.0. The van der Waals surface area contributed by atoms with Crippen LogP contribution in [0.1, 0.15) is 46.0 Å². The number of rotatable bonds is 10. The van der Waals surface area contributed by atoms with E-state index in [1.54, 1.807) is 6.20 Å². The number of aliphatic hydroxyl groups excluding tert-OH is 1. The third-order valence-electron chi connectivity index (χ3n) is 3.53. The van der Waals surface area contributed by atoms with Gasteiger partial charge < -0.3 is 15.7 Å². The second-order valence-electron chi connectivity index (χ2n) is 5.15. The molecule has 1 aromatic rings. The van der Waals surface area contributed by atoms with Crippen molar-refractivity contribution in [2.24, 2.45) is 5.92 Å². The van der Waals surface area contributed by atoms with Gasteiger partial charge in [-0.15, -0.1) is 0 Å². The van der Waals surface area contributed by atoms with E-state index in [-0.39, 0.29) is 18.4 Å². The lowest BCUT2D eigenvalue weighted by Crippen LogP contribution is -2.21. The predicted octanol–water partition coefficient (Wildman–Crippen LogP) is 3.03. The quantitative estimate of drug-likeness (QED) is 0.580. The Balaban J connectivity index is 2.38. The summed E-state index contributed by atoms with van der Waals surface area (Å²) in [6.45, 7) is 5.14. The van der Waals surface area contributed by atoms with E-state index in [4.69, 9.17) is 5.11 Å². The summed E-state index contributed by atoms with van der Waals surface area (Å²) in [5.41, 5.74) is 0.734. The predicted molar refractivity (Wildman–Crippen MR) is 86.4 cm³/mol. The Morgan fingerprint density at radius 1 is 1.24 bits per heavy atom. The van der Waals surface area contributed by atoms with Gasteiger partial charge in [-0.2, -0.15) is 0 Å². The Bertz CT molecular complexity index is 402. The maximum absolute atomic E-state index is 12.0. The van der Waals surface area contributed by atoms with Gasteiger partial charge >= 0.3 is 0 Å². The Morgan fingerprint density at radius 3 is 2.57 bits per heavy atom. The van der Waals surface area contributed by atoms with Crippen LogP contribution in [0, 0.1) is 5.92 Å². The fourth-order valence-electron chi connectivity index (χ4n) is 2.11. The summed E-state index contributed by atoms with van der Waals surface area (Å²) in [6, 6.07) is 3.73. The number of hydrogen-bond acceptors (Lipinski definition) is 4. The van der Waals surface area contributed by atoms with Crippen LogP contribution in [0.5, 0.6) is 0 Å². The topological polar surface area (TPSA) is 74.2 Å². The summed E-state index contributed by atoms with van der Waals surface area (Å²) >= 11 is 0. The van der Waals surface area contributed by atoms with Crippen molar-refractivity contribution in [2.75, 3.05) is 23.8 Å². The molecular weight excluding hydrogens is 266 g/mol. The Kier molecular flexibility index (Phi) is 8.43. The highest BCUT2D eigenvalue weighted by Gasteiger charge is 2.13. The van der Waals surface area contributed by atoms with Gasteiger partial charge in [-0.05, 0) is 44.2 Å². The van der Waals surface area contributed by atoms with Gasteiger partial charge in [-0.3, -0.25) is 4.79 Å². The van der Waals surface area contributed by atoms with Gasteiger partial charge in [-0.25, -0.2) is 4.98 Å². The molecule has 0 aliphatic heterocycles. The summed E-state index contributed by atoms with van der Waals surface area (Å²) in [7, 11) is 0. The van der Waals surface area contributed by atoms with Crippen molar-refractivity contribution in [1.29, 1.82) is 0 Å². The van der Waals surface area contributed by atoms with Gasteiger partial charge in [0.1, 0.15) is 5.82 Å². The molecule has 0 saturated carbocycles. The molecule has 5 nitrogen and oxygen atoms in total. The molecule has 0 fully saturated rings. The normalized spacial score (nSPS) is 10.7. The van der Waals surface area contributed by atoms with Crippen molar-refractivity contribution in [2.45, 2.75) is 46.0 Å². The average Bonchev–Trinajstić information content (AvgIpc) is 2.50. The van der Waals surface area contributed by atoms with Crippen molar-refractivity contribution in [3.05, 3.63) is 18.3 Å².